The lowest BCUT2D eigenvalue weighted by atomic mass is 10.1. The molecule has 148 heavy (non-hydrogen) atoms. The van der Waals surface area contributed by atoms with E-state index in [9.17, 15) is 91.3 Å². The molecule has 0 amide bonds. The maximum absolute atomic E-state index is 14.6. The summed E-state index contributed by atoms with van der Waals surface area (Å²) in [5, 5.41) is 0. The van der Waals surface area contributed by atoms with Crippen molar-refractivity contribution < 1.29 is 149 Å². The van der Waals surface area contributed by atoms with Gasteiger partial charge in [0.2, 0.25) is 0 Å². The first-order chi connectivity index (χ1) is 69.5. The Hall–Kier alpha value is -7.06. The van der Waals surface area contributed by atoms with Gasteiger partial charge in [-0.2, -0.15) is 9.97 Å². The molecule has 7 aliphatic heterocycles. The predicted octanol–water partition coefficient (Wildman–Crippen LogP) is -0.0708. The number of H-pyrrole nitrogens is 4. The largest absolute Gasteiger partial charge is 0.472 e. The average molecular weight is 2320 g/mol. The fourth-order valence-corrected chi connectivity index (χ4v) is 25.9. The van der Waals surface area contributed by atoms with Crippen LogP contribution in [-0.2, 0) is 174 Å². The third-order valence-electron chi connectivity index (χ3n) is 24.3. The van der Waals surface area contributed by atoms with Gasteiger partial charge >= 0.3 is 83.4 Å². The zero-order chi connectivity index (χ0) is 107. The molecule has 7 fully saturated rings. The molecule has 7 aliphatic rings. The molecule has 29 atom stereocenters. The van der Waals surface area contributed by atoms with Crippen LogP contribution in [0.15, 0.2) is 97.8 Å². The maximum Gasteiger partial charge on any atom is 0.472 e. The topological polar surface area (TPSA) is 799 Å². The third kappa shape index (κ3) is 27.7. The van der Waals surface area contributed by atoms with Gasteiger partial charge in [0.1, 0.15) is 116 Å². The molecule has 0 radical (unpaired) electrons. The second-order valence-corrected chi connectivity index (χ2v) is 51.5. The molecular weight excluding hydrogens is 2220 g/mol. The van der Waals surface area contributed by atoms with Crippen molar-refractivity contribution in [2.24, 2.45) is 0 Å². The Labute approximate surface area is 858 Å². The van der Waals surface area contributed by atoms with Crippen LogP contribution in [0.4, 0.5) is 17.5 Å². The van der Waals surface area contributed by atoms with Gasteiger partial charge in [0.05, 0.1) is 95.8 Å². The number of aromatic nitrogens is 16. The summed E-state index contributed by atoms with van der Waals surface area (Å²) in [4.78, 5) is 243. The minimum Gasteiger partial charge on any atom is -0.383 e. The lowest BCUT2D eigenvalue weighted by Gasteiger charge is -2.29. The van der Waals surface area contributed by atoms with Gasteiger partial charge in [-0.1, -0.05) is 6.92 Å². The van der Waals surface area contributed by atoms with Gasteiger partial charge in [-0.15, -0.1) is 0 Å². The molecule has 0 saturated carbocycles. The van der Waals surface area contributed by atoms with E-state index in [1.54, 1.807) is 13.8 Å². The van der Waals surface area contributed by atoms with Gasteiger partial charge in [-0.25, -0.2) is 52.8 Å². The van der Waals surface area contributed by atoms with Crippen molar-refractivity contribution in [1.29, 1.82) is 0 Å². The number of fused-ring (bicyclic) bond motifs is 1. The summed E-state index contributed by atoms with van der Waals surface area (Å²) in [6, 6.07) is 0. The van der Waals surface area contributed by atoms with E-state index in [-0.39, 0.29) is 89.8 Å². The van der Waals surface area contributed by atoms with Gasteiger partial charge in [0, 0.05) is 123 Å². The first-order valence-electron chi connectivity index (χ1n) is 44.7. The van der Waals surface area contributed by atoms with Crippen molar-refractivity contribution in [3.63, 3.8) is 0 Å². The summed E-state index contributed by atoms with van der Waals surface area (Å²) in [5.74, 6) is -0.174. The van der Waals surface area contributed by atoms with Gasteiger partial charge in [-0.05, 0) is 107 Å². The molecule has 0 spiro atoms. The van der Waals surface area contributed by atoms with Crippen molar-refractivity contribution in [2.45, 2.75) is 229 Å². The quantitative estimate of drug-likeness (QED) is 0.0175. The Morgan fingerprint density at radius 2 is 0.689 bits per heavy atom. The van der Waals surface area contributed by atoms with Crippen molar-refractivity contribution in [1.82, 2.24) is 76.8 Å². The highest BCUT2D eigenvalue weighted by Gasteiger charge is 2.55. The normalized spacial score (nSPS) is 29.6. The Balaban J connectivity index is 0.650. The maximum atomic E-state index is 14.6. The van der Waals surface area contributed by atoms with Crippen LogP contribution in [0.1, 0.15) is 129 Å². The van der Waals surface area contributed by atoms with Gasteiger partial charge in [-0.3, -0.25) is 89.2 Å². The van der Waals surface area contributed by atoms with Crippen molar-refractivity contribution in [3.05, 3.63) is 188 Å². The average Bonchev–Trinajstić information content (AvgIpc) is 1.62. The van der Waals surface area contributed by atoms with E-state index in [1.165, 1.54) is 75.8 Å². The number of imidazole rings is 1. The molecule has 73 heteroatoms. The summed E-state index contributed by atoms with van der Waals surface area (Å²) in [6.07, 6.45) is -23.7. The fourth-order valence-electron chi connectivity index (χ4n) is 16.9. The molecule has 0 aromatic carbocycles. The van der Waals surface area contributed by atoms with Crippen LogP contribution < -0.4 is 73.6 Å². The van der Waals surface area contributed by atoms with Crippen LogP contribution in [0, 0.1) is 41.5 Å². The Morgan fingerprint density at radius 1 is 0.372 bits per heavy atom. The van der Waals surface area contributed by atoms with Crippen LogP contribution in [-0.4, -0.2) is 270 Å². The molecular formula is C75H104N19O42P7S5. The van der Waals surface area contributed by atoms with Gasteiger partial charge in [0.15, 0.2) is 17.7 Å². The highest BCUT2D eigenvalue weighted by atomic mass is 32.5. The van der Waals surface area contributed by atoms with E-state index >= 15 is 0 Å². The molecule has 15 rings (SSSR count). The minimum atomic E-state index is -5.64. The van der Waals surface area contributed by atoms with E-state index in [2.05, 4.69) is 49.4 Å². The van der Waals surface area contributed by atoms with Crippen LogP contribution in [0.3, 0.4) is 0 Å². The molecule has 17 N–H and O–H groups in total. The summed E-state index contributed by atoms with van der Waals surface area (Å²) < 4.78 is 172. The highest BCUT2D eigenvalue weighted by molar-refractivity contribution is 8.08. The number of phosphoric ester groups is 2. The second kappa shape index (κ2) is 46.9. The van der Waals surface area contributed by atoms with E-state index in [0.29, 0.717) is 17.5 Å². The predicted molar refractivity (Wildman–Crippen MR) is 525 cm³/mol. The molecule has 816 valence electrons. The molecule has 0 bridgehead atoms. The summed E-state index contributed by atoms with van der Waals surface area (Å²) in [7, 11) is -8.37. The highest BCUT2D eigenvalue weighted by Crippen LogP contribution is 2.59. The standard InChI is InChI=1S/C75H104N19O42P7S5/c1-10-39-40(13-52(123-39)88-19-33(2)61(76)82-70(88)99)131-139(109,144)118-26-47-42(15-54(125-47)90-21-35(4)65(95)84-72(90)101)132-140(110,145)119-27-48-43(16-55(126-48)91-22-36(5)66(96)85-73(91)102)133-141(111,146)120-28-49-44(17-56(127-49)92-23-37(6)67(97)86-74(92)103)134-142(112,147)121-29-50-45(18-57(128-50)94-32-81-58-63(78)79-31-80-64(58)94)135-143(113,148)122-30-51-59(60(116-12-11-114-8)69(129-51)93-24-38(7)68(98)87-75(93)104)136-138(107,108)117-25-46-41(130-137(105,106)115-9)14-53(124-46)89-20-34(3)62(77)83-71(89)100/h19-24,31-32,39-57,59-60,69H,10-18,25-30H2,1-9H3,(H,105,106)(H,107,108)(H,109,144)(H,110,145)(H,111,146)(H,112,147)(H,113,148)(H2,76,82,99)(H2,77,83,100)(H2,78,79,80)(H,84,95,101)(H,85,96,102)(H,86,97,103)(H,87,98,104)/t39-,40?,41?,42?,43?,44?,45?,46-,47-,48-,49-,50-,51-,52-,53-,54-,55-,56-,57-,59?,60+,69-,139?,140?,141?,142?,143?/m1/s1. The first kappa shape index (κ1) is 115. The third-order valence-corrected chi connectivity index (χ3v) is 34.2. The zero-order valence-electron chi connectivity index (χ0n) is 79.1. The molecule has 0 aliphatic carbocycles. The number of nitrogen functional groups attached to an aromatic ring is 3. The monoisotopic (exact) mass is 2320 g/mol. The van der Waals surface area contributed by atoms with E-state index < -0.39 is 293 Å². The zero-order valence-corrected chi connectivity index (χ0v) is 89.5. The van der Waals surface area contributed by atoms with Crippen LogP contribution in [0.25, 0.3) is 11.2 Å². The fraction of sp³-hybridized carbons (Fsp3) is 0.613. The molecule has 14 unspecified atom stereocenters. The van der Waals surface area contributed by atoms with Gasteiger partial charge in [0.25, 0.3) is 22.2 Å². The van der Waals surface area contributed by atoms with Crippen LogP contribution in [0.5, 0.6) is 0 Å². The van der Waals surface area contributed by atoms with Crippen LogP contribution in [0.2, 0.25) is 0 Å². The van der Waals surface area contributed by atoms with E-state index in [1.807, 2.05) is 0 Å². The number of ether oxygens (including phenoxy) is 9. The number of nitrogens with zero attached hydrogens (tertiary/aromatic N) is 12. The Bertz CT molecular complexity index is 7300. The number of hydrogen-bond acceptors (Lipinski definition) is 48. The van der Waals surface area contributed by atoms with Crippen molar-refractivity contribution in [3.8, 4) is 0 Å². The van der Waals surface area contributed by atoms with Crippen LogP contribution >= 0.6 is 49.2 Å². The molecule has 8 aromatic heterocycles. The number of phosphoric acid groups is 2. The lowest BCUT2D eigenvalue weighted by Crippen LogP contribution is -2.41. The van der Waals surface area contributed by atoms with E-state index in [0.717, 1.165) is 54.9 Å². The number of aromatic amines is 4. The number of nitrogens with one attached hydrogen (secondary N) is 4. The van der Waals surface area contributed by atoms with E-state index in [4.69, 9.17) is 178 Å². The number of nitrogens with two attached hydrogens (primary N) is 3. The number of anilines is 3. The van der Waals surface area contributed by atoms with Crippen molar-refractivity contribution >= 4 is 137 Å². The number of rotatable bonds is 45. The van der Waals surface area contributed by atoms with Gasteiger partial charge < -0.3 is 139 Å². The number of methoxy groups -OCH3 is 1. The smallest absolute Gasteiger partial charge is 0.383 e. The summed E-state index contributed by atoms with van der Waals surface area (Å²) >= 11 is 28.1. The molecule has 8 aromatic rings. The molecule has 61 nitrogen and oxygen atoms in total. The minimum absolute atomic E-state index is 0.00870. The first-order valence-corrected chi connectivity index (χ1v) is 60.6. The molecule has 15 heterocycles. The number of aryl methyl sites for hydroxylation is 6. The Kier molecular flexibility index (Phi) is 36.5. The summed E-state index contributed by atoms with van der Waals surface area (Å²) in [5.41, 5.74) is 10.2. The second-order valence-electron chi connectivity index (χ2n) is 34.7. The van der Waals surface area contributed by atoms with Crippen molar-refractivity contribution in [2.75, 3.05) is 84.3 Å². The molecule has 7 saturated heterocycles. The SMILES string of the molecule is CC[C@H]1O[C@@H](n2cc(C)c(N)nc2=O)CC1OP(O)(=S)OC[C@H]1O[C@@H](n2cc(C)c(=O)[nH]c2=O)CC1OP(O)(=S)OC[C@H]1O[C@@H](n2cc(C)c(=O)[nH]c2=O)CC1OP(O)(=S)OC[C@H]1O[C@@H](n2cc(C)c(=O)[nH]c2=O)CC1OP(O)(=S)OC[C@H]1O[C@@H](n2cnc3c(N)ncnc32)CC1OP(O)(=S)OC[C@H]1O[C@@H](n2cc(C)c(=O)[nH]c2=O)[C@@H](OCCOC)C1OP(=O)(O)OC[C@H]1O[C@@H](n2cc(C)c(N)nc2=O)CC1OP(=O)(O)OC. The Morgan fingerprint density at radius 3 is 1.05 bits per heavy atom. The number of hydrogen-bond donors (Lipinski definition) is 14. The lowest BCUT2D eigenvalue weighted by molar-refractivity contribution is -0.0826. The summed E-state index contributed by atoms with van der Waals surface area (Å²) in [6.45, 7) is -18.9.